The Morgan fingerprint density at radius 3 is 2.42 bits per heavy atom. The molecule has 0 spiro atoms. The van der Waals surface area contributed by atoms with Gasteiger partial charge in [0, 0.05) is 5.56 Å². The van der Waals surface area contributed by atoms with E-state index in [1.165, 1.54) is 18.3 Å². The van der Waals surface area contributed by atoms with Gasteiger partial charge in [0.25, 0.3) is 11.8 Å². The Hall–Kier alpha value is -3.19. The lowest BCUT2D eigenvalue weighted by Gasteiger charge is -2.37. The monoisotopic (exact) mass is 436 g/mol. The van der Waals surface area contributed by atoms with Crippen LogP contribution in [0.1, 0.15) is 22.5 Å². The molecule has 1 aliphatic heterocycles. The Morgan fingerprint density at radius 2 is 1.77 bits per heavy atom. The second-order valence-corrected chi connectivity index (χ2v) is 9.00. The van der Waals surface area contributed by atoms with Crippen LogP contribution in [0, 0.1) is 35.5 Å². The summed E-state index contributed by atoms with van der Waals surface area (Å²) in [6.45, 7) is 0. The highest BCUT2D eigenvalue weighted by atomic mass is 35.5. The van der Waals surface area contributed by atoms with Crippen LogP contribution in [-0.4, -0.2) is 34.1 Å². The van der Waals surface area contributed by atoms with E-state index in [2.05, 4.69) is 17.3 Å². The van der Waals surface area contributed by atoms with Crippen molar-refractivity contribution in [3.05, 3.63) is 58.8 Å². The van der Waals surface area contributed by atoms with Crippen LogP contribution in [0.4, 0.5) is 0 Å². The van der Waals surface area contributed by atoms with Gasteiger partial charge in [0.2, 0.25) is 0 Å². The third-order valence-corrected chi connectivity index (χ3v) is 7.38. The average molecular weight is 437 g/mol. The maximum absolute atomic E-state index is 12.9. The number of aromatic carboxylic acids is 1. The molecule has 4 aliphatic carbocycles. The van der Waals surface area contributed by atoms with Gasteiger partial charge in [0.05, 0.1) is 28.6 Å². The molecule has 1 aromatic carbocycles. The van der Waals surface area contributed by atoms with Gasteiger partial charge < -0.3 is 9.52 Å². The van der Waals surface area contributed by atoms with Crippen molar-refractivity contribution in [2.45, 2.75) is 6.42 Å². The number of carboxylic acids is 1. The Balaban J connectivity index is 1.24. The molecule has 2 amide bonds. The van der Waals surface area contributed by atoms with E-state index in [4.69, 9.17) is 16.0 Å². The Labute approximate surface area is 182 Å². The van der Waals surface area contributed by atoms with Gasteiger partial charge >= 0.3 is 5.97 Å². The summed E-state index contributed by atoms with van der Waals surface area (Å²) in [5.74, 6) is -0.0124. The number of carboxylic acid groups (broad SMARTS) is 1. The topological polar surface area (TPSA) is 100 Å². The van der Waals surface area contributed by atoms with Crippen LogP contribution in [-0.2, 0) is 9.59 Å². The largest absolute Gasteiger partial charge is 0.478 e. The van der Waals surface area contributed by atoms with E-state index in [9.17, 15) is 19.5 Å². The smallest absolute Gasteiger partial charge is 0.337 e. The summed E-state index contributed by atoms with van der Waals surface area (Å²) in [6.07, 6.45) is 6.70. The van der Waals surface area contributed by atoms with Crippen LogP contribution in [0.5, 0.6) is 0 Å². The summed E-state index contributed by atoms with van der Waals surface area (Å²) in [5.41, 5.74) is 0.519. The number of amides is 2. The number of imide groups is 1. The van der Waals surface area contributed by atoms with Crippen LogP contribution < -0.4 is 0 Å². The van der Waals surface area contributed by atoms with Crippen molar-refractivity contribution in [3.8, 4) is 11.3 Å². The highest BCUT2D eigenvalue weighted by Crippen LogP contribution is 2.65. The lowest BCUT2D eigenvalue weighted by Crippen LogP contribution is -2.40. The fraction of sp³-hybridized carbons (Fsp3) is 0.304. The summed E-state index contributed by atoms with van der Waals surface area (Å²) < 4.78 is 5.73. The summed E-state index contributed by atoms with van der Waals surface area (Å²) >= 11 is 5.92. The zero-order valence-corrected chi connectivity index (χ0v) is 16.9. The number of nitrogens with zero attached hydrogens (tertiary/aromatic N) is 2. The van der Waals surface area contributed by atoms with Gasteiger partial charge in [-0.2, -0.15) is 10.1 Å². The first-order valence-electron chi connectivity index (χ1n) is 10.2. The number of carbonyl (C=O) groups is 3. The number of rotatable bonds is 4. The van der Waals surface area contributed by atoms with Crippen LogP contribution in [0.3, 0.4) is 0 Å². The standard InChI is InChI=1S/C23H17ClN2O5/c24-17-5-1-10(7-16(17)23(29)30)18-6-2-11(31-18)9-25-26-21(27)19-12-3-4-13(15-8-14(12)15)20(19)22(26)28/h1-7,9,12-15,19-20H,8H2,(H,29,30)/b25-9-/t12-,13-,14-,15+,19+,20+/m0/s1. The number of halogens is 1. The van der Waals surface area contributed by atoms with Gasteiger partial charge in [-0.05, 0) is 60.4 Å². The van der Waals surface area contributed by atoms with E-state index in [1.807, 2.05) is 0 Å². The molecule has 1 aromatic heterocycles. The molecular formula is C23H17ClN2O5. The molecule has 5 aliphatic rings. The summed E-state index contributed by atoms with van der Waals surface area (Å²) in [5, 5.41) is 14.5. The van der Waals surface area contributed by atoms with E-state index in [1.54, 1.807) is 18.2 Å². The number of hydrazone groups is 1. The quantitative estimate of drug-likeness (QED) is 0.447. The van der Waals surface area contributed by atoms with Gasteiger partial charge in [0.15, 0.2) is 0 Å². The van der Waals surface area contributed by atoms with Crippen molar-refractivity contribution >= 4 is 35.6 Å². The number of hydrogen-bond donors (Lipinski definition) is 1. The molecule has 156 valence electrons. The third kappa shape index (κ3) is 2.66. The van der Waals surface area contributed by atoms with Gasteiger partial charge in [0.1, 0.15) is 11.5 Å². The molecule has 2 bridgehead atoms. The van der Waals surface area contributed by atoms with E-state index in [0.717, 1.165) is 11.4 Å². The molecule has 7 nitrogen and oxygen atoms in total. The molecule has 1 N–H and O–H groups in total. The predicted molar refractivity (Wildman–Crippen MR) is 110 cm³/mol. The van der Waals surface area contributed by atoms with Crippen molar-refractivity contribution in [1.29, 1.82) is 0 Å². The number of hydrogen-bond acceptors (Lipinski definition) is 5. The predicted octanol–water partition coefficient (Wildman–Crippen LogP) is 3.69. The molecular weight excluding hydrogens is 420 g/mol. The molecule has 31 heavy (non-hydrogen) atoms. The van der Waals surface area contributed by atoms with E-state index >= 15 is 0 Å². The molecule has 8 heteroatoms. The number of benzene rings is 1. The van der Waals surface area contributed by atoms with Crippen LogP contribution in [0.25, 0.3) is 11.3 Å². The molecule has 2 heterocycles. The SMILES string of the molecule is O=C(O)c1cc(-c2ccc(/C=N\N3C(=O)[C@@H]4[C@H]5C=C[C@@H]([C@@H]6C[C@H]56)[C@H]4C3=O)o2)ccc1Cl. The molecule has 0 unspecified atom stereocenters. The molecule has 6 atom stereocenters. The van der Waals surface area contributed by atoms with Gasteiger partial charge in [-0.3, -0.25) is 9.59 Å². The van der Waals surface area contributed by atoms with Crippen molar-refractivity contribution in [1.82, 2.24) is 5.01 Å². The van der Waals surface area contributed by atoms with Crippen LogP contribution in [0.2, 0.25) is 5.02 Å². The van der Waals surface area contributed by atoms with Crippen molar-refractivity contribution in [3.63, 3.8) is 0 Å². The molecule has 0 radical (unpaired) electrons. The average Bonchev–Trinajstić information content (AvgIpc) is 3.39. The zero-order chi connectivity index (χ0) is 21.4. The summed E-state index contributed by atoms with van der Waals surface area (Å²) in [7, 11) is 0. The molecule has 7 rings (SSSR count). The number of furan rings is 1. The molecule has 1 saturated heterocycles. The summed E-state index contributed by atoms with van der Waals surface area (Å²) in [4.78, 5) is 37.2. The zero-order valence-electron chi connectivity index (χ0n) is 16.1. The van der Waals surface area contributed by atoms with E-state index in [-0.39, 0.29) is 46.1 Å². The Kier molecular flexibility index (Phi) is 3.84. The lowest BCUT2D eigenvalue weighted by atomic mass is 9.63. The minimum Gasteiger partial charge on any atom is -0.478 e. The van der Waals surface area contributed by atoms with Gasteiger partial charge in [-0.25, -0.2) is 4.79 Å². The first kappa shape index (κ1) is 18.6. The first-order chi connectivity index (χ1) is 14.9. The van der Waals surface area contributed by atoms with Crippen molar-refractivity contribution < 1.29 is 23.9 Å². The maximum Gasteiger partial charge on any atom is 0.337 e. The second-order valence-electron chi connectivity index (χ2n) is 8.59. The van der Waals surface area contributed by atoms with Crippen molar-refractivity contribution in [2.75, 3.05) is 0 Å². The minimum absolute atomic E-state index is 0.0251. The van der Waals surface area contributed by atoms with Crippen molar-refractivity contribution in [2.24, 2.45) is 40.6 Å². The maximum atomic E-state index is 12.9. The van der Waals surface area contributed by atoms with Crippen LogP contribution in [0.15, 0.2) is 52.0 Å². The summed E-state index contributed by atoms with van der Waals surface area (Å²) in [6, 6.07) is 7.89. The van der Waals surface area contributed by atoms with Gasteiger partial charge in [-0.1, -0.05) is 23.8 Å². The number of carbonyl (C=O) groups excluding carboxylic acids is 2. The normalized spacial score (nSPS) is 32.6. The first-order valence-corrected chi connectivity index (χ1v) is 10.5. The lowest BCUT2D eigenvalue weighted by molar-refractivity contribution is -0.140. The highest BCUT2D eigenvalue weighted by Gasteiger charge is 2.67. The van der Waals surface area contributed by atoms with E-state index in [0.29, 0.717) is 28.9 Å². The molecule has 2 saturated carbocycles. The number of allylic oxidation sites excluding steroid dienone is 2. The van der Waals surface area contributed by atoms with Gasteiger partial charge in [-0.15, -0.1) is 0 Å². The van der Waals surface area contributed by atoms with Crippen LogP contribution >= 0.6 is 11.6 Å². The minimum atomic E-state index is -1.13. The Morgan fingerprint density at radius 1 is 1.10 bits per heavy atom. The Bertz CT molecular complexity index is 1180. The third-order valence-electron chi connectivity index (χ3n) is 7.05. The second kappa shape index (κ2) is 6.40. The highest BCUT2D eigenvalue weighted by molar-refractivity contribution is 6.33. The fourth-order valence-corrected chi connectivity index (χ4v) is 5.79. The van der Waals surface area contributed by atoms with E-state index < -0.39 is 5.97 Å². The fourth-order valence-electron chi connectivity index (χ4n) is 5.59. The molecule has 2 aromatic rings. The molecule has 3 fully saturated rings.